The summed E-state index contributed by atoms with van der Waals surface area (Å²) in [5.41, 5.74) is 1.10. The first-order valence-electron chi connectivity index (χ1n) is 8.94. The van der Waals surface area contributed by atoms with Gasteiger partial charge in [0, 0.05) is 13.6 Å². The Labute approximate surface area is 150 Å². The first-order valence-corrected chi connectivity index (χ1v) is 8.94. The predicted octanol–water partition coefficient (Wildman–Crippen LogP) is 3.92. The van der Waals surface area contributed by atoms with E-state index >= 15 is 0 Å². The second-order valence-electron chi connectivity index (χ2n) is 6.67. The molecule has 1 atom stereocenters. The summed E-state index contributed by atoms with van der Waals surface area (Å²) in [6.45, 7) is 4.70. The fourth-order valence-corrected chi connectivity index (χ4v) is 3.24. The molecule has 0 bridgehead atoms. The van der Waals surface area contributed by atoms with E-state index in [-0.39, 0.29) is 11.9 Å². The maximum absolute atomic E-state index is 12.6. The molecule has 1 amide bonds. The molecular formula is C21H26N2O2. The fourth-order valence-electron chi connectivity index (χ4n) is 3.24. The van der Waals surface area contributed by atoms with E-state index in [9.17, 15) is 4.79 Å². The van der Waals surface area contributed by atoms with Crippen LogP contribution in [0, 0.1) is 0 Å². The van der Waals surface area contributed by atoms with Crippen LogP contribution in [-0.4, -0.2) is 41.9 Å². The van der Waals surface area contributed by atoms with Gasteiger partial charge in [0.25, 0.3) is 0 Å². The van der Waals surface area contributed by atoms with Crippen molar-refractivity contribution in [3.63, 3.8) is 0 Å². The smallest absolute Gasteiger partial charge is 0.239 e. The molecule has 1 aliphatic heterocycles. The molecule has 1 aliphatic rings. The van der Waals surface area contributed by atoms with Gasteiger partial charge >= 0.3 is 0 Å². The monoisotopic (exact) mass is 338 g/mol. The number of hydrogen-bond acceptors (Lipinski definition) is 3. The number of benzene rings is 2. The highest BCUT2D eigenvalue weighted by molar-refractivity contribution is 5.81. The van der Waals surface area contributed by atoms with Gasteiger partial charge in [0.05, 0.1) is 6.04 Å². The number of para-hydroxylation sites is 1. The third-order valence-corrected chi connectivity index (χ3v) is 4.74. The van der Waals surface area contributed by atoms with Crippen molar-refractivity contribution < 1.29 is 9.53 Å². The number of likely N-dealkylation sites (N-methyl/N-ethyl adjacent to an activating group) is 1. The number of likely N-dealkylation sites (tertiary alicyclic amines) is 1. The van der Waals surface area contributed by atoms with E-state index in [1.165, 1.54) is 12.8 Å². The summed E-state index contributed by atoms with van der Waals surface area (Å²) in [5, 5.41) is 0. The van der Waals surface area contributed by atoms with Crippen LogP contribution in [0.15, 0.2) is 54.6 Å². The van der Waals surface area contributed by atoms with Crippen LogP contribution in [0.1, 0.15) is 25.3 Å². The van der Waals surface area contributed by atoms with Gasteiger partial charge in [-0.15, -0.1) is 0 Å². The molecule has 0 aromatic heterocycles. The highest BCUT2D eigenvalue weighted by Gasteiger charge is 2.26. The molecule has 25 heavy (non-hydrogen) atoms. The lowest BCUT2D eigenvalue weighted by Gasteiger charge is -2.27. The van der Waals surface area contributed by atoms with Crippen LogP contribution in [0.2, 0.25) is 0 Å². The van der Waals surface area contributed by atoms with E-state index in [1.54, 1.807) is 0 Å². The Balaban J connectivity index is 1.56. The van der Waals surface area contributed by atoms with Crippen molar-refractivity contribution in [2.75, 3.05) is 20.1 Å². The highest BCUT2D eigenvalue weighted by atomic mass is 16.5. The second kappa shape index (κ2) is 8.17. The zero-order valence-corrected chi connectivity index (χ0v) is 15.0. The average Bonchev–Trinajstić information content (AvgIpc) is 3.17. The average molecular weight is 338 g/mol. The van der Waals surface area contributed by atoms with Crippen molar-refractivity contribution in [2.45, 2.75) is 32.4 Å². The lowest BCUT2D eigenvalue weighted by Crippen LogP contribution is -2.44. The Morgan fingerprint density at radius 1 is 1.04 bits per heavy atom. The molecule has 4 heteroatoms. The minimum absolute atomic E-state index is 0.0341. The topological polar surface area (TPSA) is 32.8 Å². The zero-order chi connectivity index (χ0) is 17.6. The molecule has 1 unspecified atom stereocenters. The van der Waals surface area contributed by atoms with Crippen molar-refractivity contribution in [3.05, 3.63) is 60.2 Å². The molecule has 3 rings (SSSR count). The fraction of sp³-hybridized carbons (Fsp3) is 0.381. The van der Waals surface area contributed by atoms with Gasteiger partial charge in [0.1, 0.15) is 11.5 Å². The third-order valence-electron chi connectivity index (χ3n) is 4.74. The van der Waals surface area contributed by atoms with Gasteiger partial charge in [-0.1, -0.05) is 30.3 Å². The van der Waals surface area contributed by atoms with Crippen LogP contribution in [0.4, 0.5) is 0 Å². The number of rotatable bonds is 6. The van der Waals surface area contributed by atoms with Gasteiger partial charge in [-0.2, -0.15) is 0 Å². The van der Waals surface area contributed by atoms with Crippen molar-refractivity contribution in [2.24, 2.45) is 0 Å². The lowest BCUT2D eigenvalue weighted by molar-refractivity contribution is -0.135. The second-order valence-corrected chi connectivity index (χ2v) is 6.67. The number of amides is 1. The van der Waals surface area contributed by atoms with E-state index < -0.39 is 0 Å². The van der Waals surface area contributed by atoms with Crippen molar-refractivity contribution >= 4 is 5.91 Å². The zero-order valence-electron chi connectivity index (χ0n) is 15.0. The summed E-state index contributed by atoms with van der Waals surface area (Å²) < 4.78 is 5.80. The standard InChI is InChI=1S/C21H26N2O2/c1-17(23-14-6-7-15-23)21(24)22(2)16-18-10-12-20(13-11-18)25-19-8-4-3-5-9-19/h3-5,8-13,17H,6-7,14-16H2,1-2H3. The van der Waals surface area contributed by atoms with Crippen LogP contribution in [0.25, 0.3) is 0 Å². The van der Waals surface area contributed by atoms with Crippen LogP contribution in [0.3, 0.4) is 0 Å². The number of carbonyl (C=O) groups is 1. The van der Waals surface area contributed by atoms with Gasteiger partial charge in [0.15, 0.2) is 0 Å². The van der Waals surface area contributed by atoms with E-state index in [2.05, 4.69) is 4.90 Å². The Morgan fingerprint density at radius 3 is 2.28 bits per heavy atom. The third kappa shape index (κ3) is 4.60. The van der Waals surface area contributed by atoms with Gasteiger partial charge in [-0.3, -0.25) is 9.69 Å². The molecule has 0 spiro atoms. The number of nitrogens with zero attached hydrogens (tertiary/aromatic N) is 2. The number of ether oxygens (including phenoxy) is 1. The van der Waals surface area contributed by atoms with Crippen LogP contribution < -0.4 is 4.74 Å². The molecule has 1 saturated heterocycles. The van der Waals surface area contributed by atoms with Crippen LogP contribution >= 0.6 is 0 Å². The summed E-state index contributed by atoms with van der Waals surface area (Å²) in [6, 6.07) is 17.6. The summed E-state index contributed by atoms with van der Waals surface area (Å²) >= 11 is 0. The molecule has 4 nitrogen and oxygen atoms in total. The molecule has 0 aliphatic carbocycles. The summed E-state index contributed by atoms with van der Waals surface area (Å²) in [4.78, 5) is 16.7. The quantitative estimate of drug-likeness (QED) is 0.800. The Morgan fingerprint density at radius 2 is 1.64 bits per heavy atom. The Kier molecular flexibility index (Phi) is 5.71. The predicted molar refractivity (Wildman–Crippen MR) is 99.7 cm³/mol. The van der Waals surface area contributed by atoms with Gasteiger partial charge in [0.2, 0.25) is 5.91 Å². The maximum Gasteiger partial charge on any atom is 0.239 e. The van der Waals surface area contributed by atoms with E-state index in [0.29, 0.717) is 6.54 Å². The molecule has 0 N–H and O–H groups in total. The SMILES string of the molecule is CC(C(=O)N(C)Cc1ccc(Oc2ccccc2)cc1)N1CCCC1. The maximum atomic E-state index is 12.6. The molecule has 0 radical (unpaired) electrons. The molecule has 2 aromatic rings. The minimum Gasteiger partial charge on any atom is -0.457 e. The highest BCUT2D eigenvalue weighted by Crippen LogP contribution is 2.21. The van der Waals surface area contributed by atoms with Gasteiger partial charge < -0.3 is 9.64 Å². The van der Waals surface area contributed by atoms with E-state index in [0.717, 1.165) is 30.2 Å². The van der Waals surface area contributed by atoms with Gasteiger partial charge in [-0.25, -0.2) is 0 Å². The Bertz CT molecular complexity index is 679. The first kappa shape index (κ1) is 17.5. The van der Waals surface area contributed by atoms with Gasteiger partial charge in [-0.05, 0) is 62.7 Å². The summed E-state index contributed by atoms with van der Waals surface area (Å²) in [7, 11) is 1.88. The first-order chi connectivity index (χ1) is 12.1. The number of carbonyl (C=O) groups excluding carboxylic acids is 1. The largest absolute Gasteiger partial charge is 0.457 e. The van der Waals surface area contributed by atoms with Crippen LogP contribution in [0.5, 0.6) is 11.5 Å². The van der Waals surface area contributed by atoms with Crippen molar-refractivity contribution in [1.82, 2.24) is 9.80 Å². The summed E-state index contributed by atoms with van der Waals surface area (Å²) in [6.07, 6.45) is 2.40. The molecule has 1 fully saturated rings. The molecule has 132 valence electrons. The number of hydrogen-bond donors (Lipinski definition) is 0. The minimum atomic E-state index is -0.0341. The van der Waals surface area contributed by atoms with E-state index in [4.69, 9.17) is 4.74 Å². The van der Waals surface area contributed by atoms with Crippen molar-refractivity contribution in [1.29, 1.82) is 0 Å². The Hall–Kier alpha value is -2.33. The molecule has 2 aromatic carbocycles. The molecule has 0 saturated carbocycles. The molecular weight excluding hydrogens is 312 g/mol. The summed E-state index contributed by atoms with van der Waals surface area (Å²) in [5.74, 6) is 1.81. The molecule has 1 heterocycles. The normalized spacial score (nSPS) is 15.8. The van der Waals surface area contributed by atoms with Crippen LogP contribution in [-0.2, 0) is 11.3 Å². The van der Waals surface area contributed by atoms with Crippen molar-refractivity contribution in [3.8, 4) is 11.5 Å². The lowest BCUT2D eigenvalue weighted by atomic mass is 10.2. The van der Waals surface area contributed by atoms with E-state index in [1.807, 2.05) is 73.5 Å².